The van der Waals surface area contributed by atoms with Crippen molar-refractivity contribution in [3.63, 3.8) is 0 Å². The number of benzene rings is 2. The van der Waals surface area contributed by atoms with E-state index >= 15 is 0 Å². The highest BCUT2D eigenvalue weighted by Gasteiger charge is 2.12. The van der Waals surface area contributed by atoms with E-state index in [4.69, 9.17) is 0 Å². The minimum absolute atomic E-state index is 0.980. The molecule has 2 aromatic carbocycles. The molecule has 1 aliphatic heterocycles. The molecule has 118 valence electrons. The molecule has 0 radical (unpaired) electrons. The van der Waals surface area contributed by atoms with Crippen molar-refractivity contribution in [3.05, 3.63) is 54.2 Å². The zero-order valence-corrected chi connectivity index (χ0v) is 13.7. The van der Waals surface area contributed by atoms with Gasteiger partial charge in [-0.25, -0.2) is 0 Å². The van der Waals surface area contributed by atoms with Crippen LogP contribution in [-0.2, 0) is 6.54 Å². The van der Waals surface area contributed by atoms with E-state index in [9.17, 15) is 0 Å². The Balaban J connectivity index is 1.57. The van der Waals surface area contributed by atoms with E-state index in [-0.39, 0.29) is 0 Å². The molecule has 0 unspecified atom stereocenters. The molecule has 1 fully saturated rings. The van der Waals surface area contributed by atoms with E-state index in [0.29, 0.717) is 0 Å². The van der Waals surface area contributed by atoms with Gasteiger partial charge in [-0.1, -0.05) is 35.9 Å². The number of likely N-dealkylation sites (tertiary alicyclic amines) is 1. The summed E-state index contributed by atoms with van der Waals surface area (Å²) in [5.41, 5.74) is 5.06. The van der Waals surface area contributed by atoms with Crippen LogP contribution in [0.5, 0.6) is 0 Å². The van der Waals surface area contributed by atoms with E-state index in [2.05, 4.69) is 64.1 Å². The fourth-order valence-corrected chi connectivity index (χ4v) is 3.43. The van der Waals surface area contributed by atoms with Crippen LogP contribution in [0.2, 0.25) is 0 Å². The third-order valence-electron chi connectivity index (χ3n) is 4.85. The van der Waals surface area contributed by atoms with Gasteiger partial charge in [0.25, 0.3) is 0 Å². The maximum Gasteiger partial charge on any atom is 0.0683 e. The average molecular weight is 305 g/mol. The molecule has 0 N–H and O–H groups in total. The first-order chi connectivity index (χ1) is 11.3. The molecular formula is C20H23N3. The largest absolute Gasteiger partial charge is 0.301 e. The monoisotopic (exact) mass is 305 g/mol. The molecule has 0 aliphatic carbocycles. The topological polar surface area (TPSA) is 21.1 Å². The molecule has 1 aliphatic rings. The molecule has 4 rings (SSSR count). The van der Waals surface area contributed by atoms with Crippen molar-refractivity contribution in [3.8, 4) is 11.1 Å². The Bertz CT molecular complexity index is 795. The SMILES string of the molecule is Cc1ccc(-c2ccc3c(cnn3CCN3CCCC3)c2)cc1. The summed E-state index contributed by atoms with van der Waals surface area (Å²) in [6, 6.07) is 15.4. The third kappa shape index (κ3) is 3.02. The lowest BCUT2D eigenvalue weighted by Crippen LogP contribution is -2.24. The predicted molar refractivity (Wildman–Crippen MR) is 95.6 cm³/mol. The lowest BCUT2D eigenvalue weighted by atomic mass is 10.0. The number of hydrogen-bond acceptors (Lipinski definition) is 2. The van der Waals surface area contributed by atoms with E-state index in [1.807, 2.05) is 6.20 Å². The zero-order valence-electron chi connectivity index (χ0n) is 13.7. The molecule has 2 heterocycles. The van der Waals surface area contributed by atoms with Crippen LogP contribution >= 0.6 is 0 Å². The second-order valence-corrected chi connectivity index (χ2v) is 6.56. The number of hydrogen-bond donors (Lipinski definition) is 0. The van der Waals surface area contributed by atoms with E-state index in [0.717, 1.165) is 13.1 Å². The molecule has 0 amide bonds. The Kier molecular flexibility index (Phi) is 3.88. The summed E-state index contributed by atoms with van der Waals surface area (Å²) in [6.07, 6.45) is 4.69. The number of rotatable bonds is 4. The van der Waals surface area contributed by atoms with Gasteiger partial charge >= 0.3 is 0 Å². The molecular weight excluding hydrogens is 282 g/mol. The maximum absolute atomic E-state index is 4.60. The van der Waals surface area contributed by atoms with Gasteiger partial charge in [0.2, 0.25) is 0 Å². The Labute approximate surface area is 137 Å². The lowest BCUT2D eigenvalue weighted by molar-refractivity contribution is 0.318. The second-order valence-electron chi connectivity index (χ2n) is 6.56. The van der Waals surface area contributed by atoms with E-state index in [1.54, 1.807) is 0 Å². The normalized spacial score (nSPS) is 15.5. The summed E-state index contributed by atoms with van der Waals surface area (Å²) in [6.45, 7) is 6.70. The molecule has 1 saturated heterocycles. The summed E-state index contributed by atoms with van der Waals surface area (Å²) in [5, 5.41) is 5.82. The van der Waals surface area contributed by atoms with Crippen LogP contribution in [-0.4, -0.2) is 34.3 Å². The standard InChI is InChI=1S/C20H23N3/c1-16-4-6-17(7-5-16)18-8-9-20-19(14-18)15-21-23(20)13-12-22-10-2-3-11-22/h4-9,14-15H,2-3,10-13H2,1H3. The molecule has 3 heteroatoms. The summed E-state index contributed by atoms with van der Waals surface area (Å²) in [5.74, 6) is 0. The van der Waals surface area contributed by atoms with Crippen LogP contribution in [0.3, 0.4) is 0 Å². The van der Waals surface area contributed by atoms with Crippen molar-refractivity contribution in [2.24, 2.45) is 0 Å². The Morgan fingerprint density at radius 3 is 2.43 bits per heavy atom. The summed E-state index contributed by atoms with van der Waals surface area (Å²) < 4.78 is 2.15. The summed E-state index contributed by atoms with van der Waals surface area (Å²) in [7, 11) is 0. The lowest BCUT2D eigenvalue weighted by Gasteiger charge is -2.14. The van der Waals surface area contributed by atoms with Crippen molar-refractivity contribution in [1.82, 2.24) is 14.7 Å². The summed E-state index contributed by atoms with van der Waals surface area (Å²) in [4.78, 5) is 2.54. The second kappa shape index (κ2) is 6.17. The van der Waals surface area contributed by atoms with Crippen LogP contribution < -0.4 is 0 Å². The molecule has 0 atom stereocenters. The predicted octanol–water partition coefficient (Wildman–Crippen LogP) is 4.11. The minimum atomic E-state index is 0.980. The van der Waals surface area contributed by atoms with Crippen LogP contribution in [0.4, 0.5) is 0 Å². The molecule has 1 aromatic heterocycles. The van der Waals surface area contributed by atoms with Crippen molar-refractivity contribution in [1.29, 1.82) is 0 Å². The van der Waals surface area contributed by atoms with Crippen LogP contribution in [0.15, 0.2) is 48.7 Å². The number of aromatic nitrogens is 2. The maximum atomic E-state index is 4.60. The Hall–Kier alpha value is -2.13. The molecule has 3 aromatic rings. The highest BCUT2D eigenvalue weighted by molar-refractivity contribution is 5.84. The van der Waals surface area contributed by atoms with Gasteiger partial charge in [0.15, 0.2) is 0 Å². The van der Waals surface area contributed by atoms with Crippen molar-refractivity contribution in [2.45, 2.75) is 26.3 Å². The quantitative estimate of drug-likeness (QED) is 0.723. The number of aryl methyl sites for hydroxylation is 1. The van der Waals surface area contributed by atoms with Crippen molar-refractivity contribution >= 4 is 10.9 Å². The molecule has 23 heavy (non-hydrogen) atoms. The third-order valence-corrected chi connectivity index (χ3v) is 4.85. The van der Waals surface area contributed by atoms with Crippen LogP contribution in [0.1, 0.15) is 18.4 Å². The van der Waals surface area contributed by atoms with Gasteiger partial charge in [0.05, 0.1) is 18.3 Å². The number of fused-ring (bicyclic) bond motifs is 1. The fourth-order valence-electron chi connectivity index (χ4n) is 3.43. The van der Waals surface area contributed by atoms with Gasteiger partial charge < -0.3 is 4.90 Å². The Morgan fingerprint density at radius 1 is 0.913 bits per heavy atom. The average Bonchev–Trinajstić information content (AvgIpc) is 3.22. The first-order valence-electron chi connectivity index (χ1n) is 8.54. The van der Waals surface area contributed by atoms with Gasteiger partial charge in [0, 0.05) is 11.9 Å². The highest BCUT2D eigenvalue weighted by atomic mass is 15.3. The van der Waals surface area contributed by atoms with Gasteiger partial charge in [-0.3, -0.25) is 4.68 Å². The van der Waals surface area contributed by atoms with E-state index in [1.165, 1.54) is 53.5 Å². The first kappa shape index (κ1) is 14.5. The smallest absolute Gasteiger partial charge is 0.0683 e. The Morgan fingerprint density at radius 2 is 1.65 bits per heavy atom. The molecule has 0 spiro atoms. The molecule has 0 bridgehead atoms. The van der Waals surface area contributed by atoms with E-state index < -0.39 is 0 Å². The summed E-state index contributed by atoms with van der Waals surface area (Å²) >= 11 is 0. The van der Waals surface area contributed by atoms with Crippen molar-refractivity contribution in [2.75, 3.05) is 19.6 Å². The van der Waals surface area contributed by atoms with Crippen LogP contribution in [0.25, 0.3) is 22.0 Å². The van der Waals surface area contributed by atoms with Crippen molar-refractivity contribution < 1.29 is 0 Å². The fraction of sp³-hybridized carbons (Fsp3) is 0.350. The minimum Gasteiger partial charge on any atom is -0.301 e. The molecule has 0 saturated carbocycles. The highest BCUT2D eigenvalue weighted by Crippen LogP contribution is 2.24. The van der Waals surface area contributed by atoms with Crippen LogP contribution in [0, 0.1) is 6.92 Å². The van der Waals surface area contributed by atoms with Gasteiger partial charge in [-0.15, -0.1) is 0 Å². The zero-order chi connectivity index (χ0) is 15.6. The number of nitrogens with zero attached hydrogens (tertiary/aromatic N) is 3. The van der Waals surface area contributed by atoms with Gasteiger partial charge in [-0.2, -0.15) is 5.10 Å². The van der Waals surface area contributed by atoms with Gasteiger partial charge in [0.1, 0.15) is 0 Å². The van der Waals surface area contributed by atoms with Gasteiger partial charge in [-0.05, 0) is 56.1 Å². The molecule has 3 nitrogen and oxygen atoms in total. The first-order valence-corrected chi connectivity index (χ1v) is 8.54.